The van der Waals surface area contributed by atoms with Gasteiger partial charge in [0.1, 0.15) is 0 Å². The Morgan fingerprint density at radius 3 is 2.68 bits per heavy atom. The second-order valence-corrected chi connectivity index (χ2v) is 5.65. The number of nitrogens with zero attached hydrogens (tertiary/aromatic N) is 2. The van der Waals surface area contributed by atoms with Gasteiger partial charge < -0.3 is 5.32 Å². The van der Waals surface area contributed by atoms with Gasteiger partial charge in [0.15, 0.2) is 0 Å². The first kappa shape index (κ1) is 14.4. The number of halogens is 2. The number of hydrogen-bond donors (Lipinski definition) is 1. The lowest BCUT2D eigenvalue weighted by atomic mass is 10.2. The minimum absolute atomic E-state index is 0.433. The van der Waals surface area contributed by atoms with Gasteiger partial charge in [-0.1, -0.05) is 37.0 Å². The van der Waals surface area contributed by atoms with Gasteiger partial charge in [0.05, 0.1) is 16.4 Å². The van der Waals surface area contributed by atoms with Crippen molar-refractivity contribution in [2.75, 3.05) is 0 Å². The van der Waals surface area contributed by atoms with Crippen molar-refractivity contribution in [2.45, 2.75) is 33.4 Å². The van der Waals surface area contributed by atoms with Gasteiger partial charge in [-0.05, 0) is 30.7 Å². The molecule has 1 aromatic carbocycles. The lowest BCUT2D eigenvalue weighted by Gasteiger charge is -2.08. The van der Waals surface area contributed by atoms with Crippen LogP contribution < -0.4 is 5.32 Å². The number of nitrogens with one attached hydrogen (secondary N) is 1. The summed E-state index contributed by atoms with van der Waals surface area (Å²) < 4.78 is 1.75. The molecule has 1 N–H and O–H groups in total. The van der Waals surface area contributed by atoms with Gasteiger partial charge in [-0.15, -0.1) is 0 Å². The summed E-state index contributed by atoms with van der Waals surface area (Å²) in [4.78, 5) is 0. The third-order valence-corrected chi connectivity index (χ3v) is 3.52. The first-order valence-electron chi connectivity index (χ1n) is 6.21. The van der Waals surface area contributed by atoms with Crippen LogP contribution in [0.25, 0.3) is 5.69 Å². The standard InChI is InChI=1S/C14H17Cl2N3/c1-9(2)17-8-11-4-5-19(18-11)14-7-12(15)10(3)6-13(14)16/h4-7,9,17H,8H2,1-3H3. The molecule has 1 heterocycles. The Labute approximate surface area is 123 Å². The van der Waals surface area contributed by atoms with E-state index >= 15 is 0 Å². The Morgan fingerprint density at radius 2 is 2.00 bits per heavy atom. The summed E-state index contributed by atoms with van der Waals surface area (Å²) in [5.41, 5.74) is 2.73. The highest BCUT2D eigenvalue weighted by molar-refractivity contribution is 6.35. The molecule has 0 saturated heterocycles. The predicted molar refractivity (Wildman–Crippen MR) is 80.3 cm³/mol. The van der Waals surface area contributed by atoms with Crippen LogP contribution in [-0.2, 0) is 6.54 Å². The second-order valence-electron chi connectivity index (χ2n) is 4.84. The molecule has 0 aliphatic carbocycles. The van der Waals surface area contributed by atoms with Crippen LogP contribution in [0.3, 0.4) is 0 Å². The van der Waals surface area contributed by atoms with Crippen LogP contribution in [-0.4, -0.2) is 15.8 Å². The van der Waals surface area contributed by atoms with Crippen molar-refractivity contribution in [1.82, 2.24) is 15.1 Å². The smallest absolute Gasteiger partial charge is 0.0846 e. The van der Waals surface area contributed by atoms with E-state index < -0.39 is 0 Å². The number of aryl methyl sites for hydroxylation is 1. The van der Waals surface area contributed by atoms with E-state index in [-0.39, 0.29) is 0 Å². The predicted octanol–water partition coefficient (Wildman–Crippen LogP) is 3.99. The molecule has 1 aromatic heterocycles. The highest BCUT2D eigenvalue weighted by atomic mass is 35.5. The summed E-state index contributed by atoms with van der Waals surface area (Å²) in [6, 6.07) is 6.10. The topological polar surface area (TPSA) is 29.9 Å². The quantitative estimate of drug-likeness (QED) is 0.925. The van der Waals surface area contributed by atoms with Crippen LogP contribution in [0.2, 0.25) is 10.0 Å². The van der Waals surface area contributed by atoms with E-state index in [9.17, 15) is 0 Å². The maximum absolute atomic E-state index is 6.24. The summed E-state index contributed by atoms with van der Waals surface area (Å²) in [5, 5.41) is 9.16. The maximum Gasteiger partial charge on any atom is 0.0846 e. The minimum atomic E-state index is 0.433. The average Bonchev–Trinajstić information content (AvgIpc) is 2.80. The molecule has 0 radical (unpaired) electrons. The van der Waals surface area contributed by atoms with Crippen molar-refractivity contribution in [3.8, 4) is 5.69 Å². The van der Waals surface area contributed by atoms with E-state index in [0.29, 0.717) is 16.1 Å². The van der Waals surface area contributed by atoms with E-state index in [2.05, 4.69) is 24.3 Å². The molecule has 102 valence electrons. The lowest BCUT2D eigenvalue weighted by Crippen LogP contribution is -2.22. The summed E-state index contributed by atoms with van der Waals surface area (Å²) in [6.07, 6.45) is 1.89. The molecule has 5 heteroatoms. The molecule has 0 saturated carbocycles. The third kappa shape index (κ3) is 3.50. The van der Waals surface area contributed by atoms with Crippen molar-refractivity contribution in [2.24, 2.45) is 0 Å². The highest BCUT2D eigenvalue weighted by Crippen LogP contribution is 2.27. The van der Waals surface area contributed by atoms with Crippen LogP contribution in [0.15, 0.2) is 24.4 Å². The first-order chi connectivity index (χ1) is 8.97. The zero-order valence-electron chi connectivity index (χ0n) is 11.2. The van der Waals surface area contributed by atoms with Crippen molar-refractivity contribution in [3.05, 3.63) is 45.7 Å². The fourth-order valence-corrected chi connectivity index (χ4v) is 2.17. The third-order valence-electron chi connectivity index (χ3n) is 2.81. The second kappa shape index (κ2) is 5.95. The Kier molecular flexibility index (Phi) is 4.50. The summed E-state index contributed by atoms with van der Waals surface area (Å²) in [5.74, 6) is 0. The van der Waals surface area contributed by atoms with Crippen molar-refractivity contribution in [1.29, 1.82) is 0 Å². The van der Waals surface area contributed by atoms with Gasteiger partial charge in [0.25, 0.3) is 0 Å². The van der Waals surface area contributed by atoms with E-state index in [0.717, 1.165) is 23.5 Å². The van der Waals surface area contributed by atoms with Crippen LogP contribution in [0.1, 0.15) is 25.1 Å². The van der Waals surface area contributed by atoms with Crippen LogP contribution >= 0.6 is 23.2 Å². The van der Waals surface area contributed by atoms with Gasteiger partial charge in [-0.2, -0.15) is 5.10 Å². The van der Waals surface area contributed by atoms with Gasteiger partial charge in [0, 0.05) is 23.8 Å². The molecular formula is C14H17Cl2N3. The highest BCUT2D eigenvalue weighted by Gasteiger charge is 2.08. The Hall–Kier alpha value is -1.03. The van der Waals surface area contributed by atoms with Crippen molar-refractivity contribution >= 4 is 23.2 Å². The zero-order chi connectivity index (χ0) is 14.0. The molecule has 0 unspecified atom stereocenters. The molecule has 2 rings (SSSR count). The number of rotatable bonds is 4. The van der Waals surface area contributed by atoms with E-state index in [4.69, 9.17) is 23.2 Å². The molecular weight excluding hydrogens is 281 g/mol. The van der Waals surface area contributed by atoms with Crippen LogP contribution in [0.5, 0.6) is 0 Å². The van der Waals surface area contributed by atoms with Gasteiger partial charge in [-0.3, -0.25) is 0 Å². The Balaban J connectivity index is 2.25. The summed E-state index contributed by atoms with van der Waals surface area (Å²) in [6.45, 7) is 6.88. The number of hydrogen-bond acceptors (Lipinski definition) is 2. The monoisotopic (exact) mass is 297 g/mol. The molecule has 0 bridgehead atoms. The van der Waals surface area contributed by atoms with E-state index in [1.165, 1.54) is 0 Å². The van der Waals surface area contributed by atoms with Crippen LogP contribution in [0.4, 0.5) is 0 Å². The SMILES string of the molecule is Cc1cc(Cl)c(-n2ccc(CNC(C)C)n2)cc1Cl. The fraction of sp³-hybridized carbons (Fsp3) is 0.357. The van der Waals surface area contributed by atoms with E-state index in [1.54, 1.807) is 4.68 Å². The fourth-order valence-electron chi connectivity index (χ4n) is 1.71. The molecule has 0 aliphatic heterocycles. The van der Waals surface area contributed by atoms with Gasteiger partial charge in [-0.25, -0.2) is 4.68 Å². The van der Waals surface area contributed by atoms with E-state index in [1.807, 2.05) is 31.3 Å². The number of aromatic nitrogens is 2. The molecule has 0 fully saturated rings. The maximum atomic E-state index is 6.24. The summed E-state index contributed by atoms with van der Waals surface area (Å²) in [7, 11) is 0. The molecule has 0 atom stereocenters. The van der Waals surface area contributed by atoms with Crippen molar-refractivity contribution in [3.63, 3.8) is 0 Å². The molecule has 19 heavy (non-hydrogen) atoms. The molecule has 0 spiro atoms. The van der Waals surface area contributed by atoms with Crippen molar-refractivity contribution < 1.29 is 0 Å². The Morgan fingerprint density at radius 1 is 1.26 bits per heavy atom. The number of benzene rings is 1. The molecule has 0 aliphatic rings. The van der Waals surface area contributed by atoms with Crippen LogP contribution in [0, 0.1) is 6.92 Å². The lowest BCUT2D eigenvalue weighted by molar-refractivity contribution is 0.578. The largest absolute Gasteiger partial charge is 0.309 e. The minimum Gasteiger partial charge on any atom is -0.309 e. The normalized spacial score (nSPS) is 11.3. The Bertz CT molecular complexity index is 576. The van der Waals surface area contributed by atoms with Gasteiger partial charge in [0.2, 0.25) is 0 Å². The molecule has 2 aromatic rings. The molecule has 3 nitrogen and oxygen atoms in total. The summed E-state index contributed by atoms with van der Waals surface area (Å²) >= 11 is 12.4. The zero-order valence-corrected chi connectivity index (χ0v) is 12.8. The van der Waals surface area contributed by atoms with Gasteiger partial charge >= 0.3 is 0 Å². The molecule has 0 amide bonds. The first-order valence-corrected chi connectivity index (χ1v) is 6.97. The average molecular weight is 298 g/mol.